The Kier molecular flexibility index (Phi) is 6.10. The van der Waals surface area contributed by atoms with Gasteiger partial charge in [-0.15, -0.1) is 35.3 Å². The molecule has 0 aromatic heterocycles. The molecule has 1 atom stereocenters. The molecular weight excluding hydrogens is 231 g/mol. The van der Waals surface area contributed by atoms with Crippen molar-refractivity contribution in [2.24, 2.45) is 0 Å². The quantitative estimate of drug-likeness (QED) is 0.724. The number of rotatable bonds is 6. The third-order valence-electron chi connectivity index (χ3n) is 1.80. The van der Waals surface area contributed by atoms with E-state index in [-0.39, 0.29) is 0 Å². The van der Waals surface area contributed by atoms with Gasteiger partial charge in [-0.1, -0.05) is 0 Å². The molecule has 6 heteroatoms. The van der Waals surface area contributed by atoms with Crippen molar-refractivity contribution >= 4 is 35.3 Å². The molecule has 1 N–H and O–H groups in total. The largest absolute Gasteiger partial charge is 0.361 e. The van der Waals surface area contributed by atoms with Gasteiger partial charge < -0.3 is 9.84 Å². The third-order valence-corrected chi connectivity index (χ3v) is 7.37. The highest BCUT2D eigenvalue weighted by Gasteiger charge is 2.50. The minimum absolute atomic E-state index is 0.712. The predicted octanol–water partition coefficient (Wildman–Crippen LogP) is 2.03. The summed E-state index contributed by atoms with van der Waals surface area (Å²) in [5.41, 5.74) is 0. The van der Waals surface area contributed by atoms with Crippen LogP contribution in [0.5, 0.6) is 0 Å². The number of thioether (sulfide) groups is 3. The van der Waals surface area contributed by atoms with Crippen molar-refractivity contribution < 1.29 is 14.2 Å². The first-order chi connectivity index (χ1) is 6.05. The van der Waals surface area contributed by atoms with Crippen LogP contribution in [-0.2, 0) is 4.74 Å². The van der Waals surface area contributed by atoms with Gasteiger partial charge in [0.2, 0.25) is 5.79 Å². The molecule has 1 unspecified atom stereocenters. The summed E-state index contributed by atoms with van der Waals surface area (Å²) < 4.78 is 16.8. The molecule has 13 heavy (non-hydrogen) atoms. The van der Waals surface area contributed by atoms with Crippen LogP contribution in [0.25, 0.3) is 0 Å². The molecule has 0 bridgehead atoms. The van der Waals surface area contributed by atoms with Crippen molar-refractivity contribution in [3.05, 3.63) is 0 Å². The summed E-state index contributed by atoms with van der Waals surface area (Å²) in [6, 6.07) is 0. The van der Waals surface area contributed by atoms with E-state index >= 15 is 0 Å². The minimum atomic E-state index is -1.73. The molecule has 0 saturated heterocycles. The van der Waals surface area contributed by atoms with Crippen LogP contribution >= 0.6 is 35.3 Å². The van der Waals surface area contributed by atoms with Crippen LogP contribution in [0, 0.1) is 0 Å². The molecule has 0 aliphatic rings. The molecule has 0 radical (unpaired) electrons. The van der Waals surface area contributed by atoms with E-state index in [1.54, 1.807) is 0 Å². The molecule has 80 valence electrons. The standard InChI is InChI=1S/C7H15FO2S3/c1-10-6(9,5-8)7(11-2,12-3)13-4/h9H,5H2,1-4H3. The molecule has 0 amide bonds. The van der Waals surface area contributed by atoms with Crippen molar-refractivity contribution in [3.8, 4) is 0 Å². The van der Waals surface area contributed by atoms with Crippen LogP contribution in [0.2, 0.25) is 0 Å². The zero-order valence-electron chi connectivity index (χ0n) is 8.17. The van der Waals surface area contributed by atoms with Crippen molar-refractivity contribution in [1.29, 1.82) is 0 Å². The fourth-order valence-corrected chi connectivity index (χ4v) is 4.36. The van der Waals surface area contributed by atoms with Gasteiger partial charge in [-0.05, 0) is 18.8 Å². The molecule has 0 rings (SSSR count). The number of alkyl halides is 1. The summed E-state index contributed by atoms with van der Waals surface area (Å²) in [7, 11) is 1.32. The van der Waals surface area contributed by atoms with Crippen molar-refractivity contribution in [1.82, 2.24) is 0 Å². The summed E-state index contributed by atoms with van der Waals surface area (Å²) in [6.45, 7) is -0.911. The summed E-state index contributed by atoms with van der Waals surface area (Å²) in [5.74, 6) is -1.73. The van der Waals surface area contributed by atoms with Gasteiger partial charge in [0.25, 0.3) is 0 Å². The molecule has 0 aromatic carbocycles. The van der Waals surface area contributed by atoms with E-state index < -0.39 is 15.9 Å². The van der Waals surface area contributed by atoms with Crippen LogP contribution in [0.1, 0.15) is 0 Å². The summed E-state index contributed by atoms with van der Waals surface area (Å²) >= 11 is 4.15. The van der Waals surface area contributed by atoms with Gasteiger partial charge in [-0.2, -0.15) is 0 Å². The van der Waals surface area contributed by atoms with Crippen molar-refractivity contribution in [2.75, 3.05) is 32.6 Å². The second-order valence-corrected chi connectivity index (χ2v) is 6.13. The summed E-state index contributed by atoms with van der Waals surface area (Å²) in [6.07, 6.45) is 5.48. The van der Waals surface area contributed by atoms with E-state index in [4.69, 9.17) is 4.74 Å². The lowest BCUT2D eigenvalue weighted by atomic mass is 10.3. The van der Waals surface area contributed by atoms with E-state index in [0.29, 0.717) is 0 Å². The first kappa shape index (κ1) is 13.9. The lowest BCUT2D eigenvalue weighted by Gasteiger charge is -2.40. The van der Waals surface area contributed by atoms with E-state index in [0.717, 1.165) is 0 Å². The molecule has 0 fully saturated rings. The van der Waals surface area contributed by atoms with Crippen LogP contribution in [0.4, 0.5) is 4.39 Å². The van der Waals surface area contributed by atoms with Gasteiger partial charge in [0.05, 0.1) is 0 Å². The highest BCUT2D eigenvalue weighted by Crippen LogP contribution is 2.51. The number of hydrogen-bond acceptors (Lipinski definition) is 5. The third kappa shape index (κ3) is 2.47. The van der Waals surface area contributed by atoms with Crippen LogP contribution in [-0.4, -0.2) is 46.9 Å². The Hall–Kier alpha value is 0.900. The molecule has 0 saturated carbocycles. The molecule has 0 aliphatic carbocycles. The summed E-state index contributed by atoms with van der Waals surface area (Å²) in [5, 5.41) is 9.88. The SMILES string of the molecule is COC(O)(CF)C(SC)(SC)SC. The van der Waals surface area contributed by atoms with E-state index in [1.807, 2.05) is 18.8 Å². The normalized spacial score (nSPS) is 17.1. The van der Waals surface area contributed by atoms with Crippen LogP contribution < -0.4 is 0 Å². The smallest absolute Gasteiger partial charge is 0.228 e. The Labute approximate surface area is 91.4 Å². The molecular formula is C7H15FO2S3. The van der Waals surface area contributed by atoms with E-state index in [2.05, 4.69) is 0 Å². The Morgan fingerprint density at radius 2 is 1.62 bits per heavy atom. The van der Waals surface area contributed by atoms with Crippen molar-refractivity contribution in [3.63, 3.8) is 0 Å². The predicted molar refractivity (Wildman–Crippen MR) is 61.2 cm³/mol. The molecule has 0 aromatic rings. The minimum Gasteiger partial charge on any atom is -0.361 e. The molecule has 0 spiro atoms. The number of ether oxygens (including phenoxy) is 1. The first-order valence-corrected chi connectivity index (χ1v) is 7.22. The van der Waals surface area contributed by atoms with Gasteiger partial charge in [0.1, 0.15) is 6.67 Å². The lowest BCUT2D eigenvalue weighted by Crippen LogP contribution is -2.50. The van der Waals surface area contributed by atoms with Gasteiger partial charge in [-0.3, -0.25) is 0 Å². The second-order valence-electron chi connectivity index (χ2n) is 2.29. The first-order valence-electron chi connectivity index (χ1n) is 3.54. The highest BCUT2D eigenvalue weighted by molar-refractivity contribution is 8.33. The van der Waals surface area contributed by atoms with Gasteiger partial charge in [-0.25, -0.2) is 4.39 Å². The number of methoxy groups -OCH3 is 1. The molecule has 0 heterocycles. The maximum absolute atomic E-state index is 12.7. The topological polar surface area (TPSA) is 29.5 Å². The van der Waals surface area contributed by atoms with E-state index in [1.165, 1.54) is 42.4 Å². The van der Waals surface area contributed by atoms with Crippen LogP contribution in [0.3, 0.4) is 0 Å². The number of aliphatic hydroxyl groups is 1. The Bertz CT molecular complexity index is 140. The zero-order chi connectivity index (χ0) is 10.5. The Balaban J connectivity index is 4.87. The van der Waals surface area contributed by atoms with Crippen molar-refractivity contribution in [2.45, 2.75) is 9.20 Å². The lowest BCUT2D eigenvalue weighted by molar-refractivity contribution is -0.187. The maximum atomic E-state index is 12.7. The van der Waals surface area contributed by atoms with Crippen LogP contribution in [0.15, 0.2) is 0 Å². The highest BCUT2D eigenvalue weighted by atomic mass is 32.3. The van der Waals surface area contributed by atoms with Gasteiger partial charge >= 0.3 is 0 Å². The second kappa shape index (κ2) is 5.70. The van der Waals surface area contributed by atoms with Gasteiger partial charge in [0, 0.05) is 7.11 Å². The van der Waals surface area contributed by atoms with E-state index in [9.17, 15) is 9.50 Å². The molecule has 2 nitrogen and oxygen atoms in total. The number of halogens is 1. The fraction of sp³-hybridized carbons (Fsp3) is 1.00. The zero-order valence-corrected chi connectivity index (χ0v) is 10.6. The Morgan fingerprint density at radius 3 is 1.69 bits per heavy atom. The summed E-state index contributed by atoms with van der Waals surface area (Å²) in [4.78, 5) is 0. The average Bonchev–Trinajstić information content (AvgIpc) is 2.20. The fourth-order valence-electron chi connectivity index (χ4n) is 0.990. The maximum Gasteiger partial charge on any atom is 0.228 e. The number of hydrogen-bond donors (Lipinski definition) is 1. The monoisotopic (exact) mass is 246 g/mol. The Morgan fingerprint density at radius 1 is 1.23 bits per heavy atom. The molecule has 0 aliphatic heterocycles. The average molecular weight is 246 g/mol. The van der Waals surface area contributed by atoms with Gasteiger partial charge in [0.15, 0.2) is 3.41 Å².